The summed E-state index contributed by atoms with van der Waals surface area (Å²) >= 11 is 0. The summed E-state index contributed by atoms with van der Waals surface area (Å²) in [7, 11) is 0. The molecule has 0 atom stereocenters. The van der Waals surface area contributed by atoms with Crippen molar-refractivity contribution in [3.05, 3.63) is 65.0 Å². The Morgan fingerprint density at radius 3 is 2.32 bits per heavy atom. The number of aryl methyl sites for hydroxylation is 2. The molecule has 0 aromatic heterocycles. The molecule has 22 heavy (non-hydrogen) atoms. The lowest BCUT2D eigenvalue weighted by Gasteiger charge is -2.07. The van der Waals surface area contributed by atoms with Crippen LogP contribution in [0.1, 0.15) is 16.7 Å². The first-order chi connectivity index (χ1) is 10.5. The van der Waals surface area contributed by atoms with E-state index >= 15 is 0 Å². The number of amides is 2. The summed E-state index contributed by atoms with van der Waals surface area (Å²) in [6.07, 6.45) is 0. The Kier molecular flexibility index (Phi) is 4.88. The monoisotopic (exact) mass is 300 g/mol. The molecule has 114 valence electrons. The highest BCUT2D eigenvalue weighted by molar-refractivity contribution is 6.39. The Bertz CT molecular complexity index is 696. The molecule has 0 bridgehead atoms. The zero-order valence-electron chi connectivity index (χ0n) is 12.4. The molecule has 0 aliphatic heterocycles. The maximum absolute atomic E-state index is 13.4. The Labute approximate surface area is 128 Å². The summed E-state index contributed by atoms with van der Waals surface area (Å²) in [6, 6.07) is 11.9. The van der Waals surface area contributed by atoms with E-state index in [1.165, 1.54) is 12.1 Å². The van der Waals surface area contributed by atoms with Gasteiger partial charge >= 0.3 is 11.8 Å². The molecule has 2 aromatic carbocycles. The van der Waals surface area contributed by atoms with Gasteiger partial charge in [0.15, 0.2) is 0 Å². The zero-order valence-corrected chi connectivity index (χ0v) is 12.4. The average molecular weight is 300 g/mol. The van der Waals surface area contributed by atoms with Crippen LogP contribution in [0.4, 0.5) is 10.1 Å². The van der Waals surface area contributed by atoms with Crippen LogP contribution in [0.15, 0.2) is 42.5 Å². The first-order valence-corrected chi connectivity index (χ1v) is 6.86. The summed E-state index contributed by atoms with van der Waals surface area (Å²) < 4.78 is 13.4. The minimum Gasteiger partial charge on any atom is -0.344 e. The van der Waals surface area contributed by atoms with E-state index in [0.717, 1.165) is 11.1 Å². The van der Waals surface area contributed by atoms with Crippen molar-refractivity contribution in [1.29, 1.82) is 0 Å². The lowest BCUT2D eigenvalue weighted by molar-refractivity contribution is -0.136. The second kappa shape index (κ2) is 6.85. The molecular weight excluding hydrogens is 283 g/mol. The highest BCUT2D eigenvalue weighted by Crippen LogP contribution is 2.13. The molecule has 4 nitrogen and oxygen atoms in total. The Morgan fingerprint density at radius 2 is 1.68 bits per heavy atom. The van der Waals surface area contributed by atoms with Crippen molar-refractivity contribution in [2.45, 2.75) is 20.4 Å². The second-order valence-electron chi connectivity index (χ2n) is 5.09. The van der Waals surface area contributed by atoms with Crippen molar-refractivity contribution in [1.82, 2.24) is 5.32 Å². The minimum atomic E-state index is -0.824. The molecule has 2 rings (SSSR count). The van der Waals surface area contributed by atoms with Crippen LogP contribution in [0, 0.1) is 19.7 Å². The molecule has 2 amide bonds. The molecule has 0 fully saturated rings. The first-order valence-electron chi connectivity index (χ1n) is 6.86. The minimum absolute atomic E-state index is 0.249. The number of halogens is 1. The van der Waals surface area contributed by atoms with Gasteiger partial charge in [0, 0.05) is 12.2 Å². The molecular formula is C17H17FN2O2. The number of rotatable bonds is 3. The van der Waals surface area contributed by atoms with Crippen molar-refractivity contribution in [3.8, 4) is 0 Å². The molecule has 2 aromatic rings. The lowest BCUT2D eigenvalue weighted by atomic mass is 10.1. The van der Waals surface area contributed by atoms with Crippen molar-refractivity contribution in [2.24, 2.45) is 0 Å². The lowest BCUT2D eigenvalue weighted by Crippen LogP contribution is -2.34. The fraction of sp³-hybridized carbons (Fsp3) is 0.176. The van der Waals surface area contributed by atoms with E-state index in [9.17, 15) is 14.0 Å². The molecule has 0 unspecified atom stereocenters. The van der Waals surface area contributed by atoms with Crippen LogP contribution in [-0.2, 0) is 16.1 Å². The Hall–Kier alpha value is -2.69. The molecule has 2 N–H and O–H groups in total. The largest absolute Gasteiger partial charge is 0.344 e. The van der Waals surface area contributed by atoms with Gasteiger partial charge in [0.1, 0.15) is 5.82 Å². The number of hydrogen-bond acceptors (Lipinski definition) is 2. The summed E-state index contributed by atoms with van der Waals surface area (Å²) in [4.78, 5) is 23.5. The van der Waals surface area contributed by atoms with Crippen LogP contribution >= 0.6 is 0 Å². The van der Waals surface area contributed by atoms with Crippen LogP contribution in [0.3, 0.4) is 0 Å². The van der Waals surface area contributed by atoms with Crippen molar-refractivity contribution in [3.63, 3.8) is 0 Å². The van der Waals surface area contributed by atoms with Gasteiger partial charge in [-0.3, -0.25) is 9.59 Å². The number of hydrogen-bond donors (Lipinski definition) is 2. The molecule has 0 saturated carbocycles. The summed E-state index contributed by atoms with van der Waals surface area (Å²) in [5.74, 6) is -2.02. The van der Waals surface area contributed by atoms with E-state index in [1.807, 2.05) is 31.2 Å². The van der Waals surface area contributed by atoms with E-state index in [1.54, 1.807) is 13.0 Å². The molecule has 5 heteroatoms. The van der Waals surface area contributed by atoms with Crippen LogP contribution < -0.4 is 10.6 Å². The maximum Gasteiger partial charge on any atom is 0.313 e. The number of carbonyl (C=O) groups excluding carboxylic acids is 2. The van der Waals surface area contributed by atoms with Gasteiger partial charge in [0.2, 0.25) is 0 Å². The molecule has 0 radical (unpaired) electrons. The van der Waals surface area contributed by atoms with Gasteiger partial charge in [-0.05, 0) is 37.1 Å². The molecule has 0 aliphatic rings. The molecule has 0 saturated heterocycles. The molecule has 0 spiro atoms. The van der Waals surface area contributed by atoms with Gasteiger partial charge < -0.3 is 10.6 Å². The van der Waals surface area contributed by atoms with E-state index in [2.05, 4.69) is 10.6 Å². The average Bonchev–Trinajstić information content (AvgIpc) is 2.50. The molecule has 0 heterocycles. The van der Waals surface area contributed by atoms with Crippen molar-refractivity contribution < 1.29 is 14.0 Å². The van der Waals surface area contributed by atoms with E-state index in [-0.39, 0.29) is 12.2 Å². The highest BCUT2D eigenvalue weighted by Gasteiger charge is 2.13. The third kappa shape index (κ3) is 4.15. The van der Waals surface area contributed by atoms with E-state index in [4.69, 9.17) is 0 Å². The predicted molar refractivity (Wildman–Crippen MR) is 82.8 cm³/mol. The fourth-order valence-electron chi connectivity index (χ4n) is 1.83. The topological polar surface area (TPSA) is 58.2 Å². The van der Waals surface area contributed by atoms with Gasteiger partial charge in [0.25, 0.3) is 0 Å². The Balaban J connectivity index is 1.90. The third-order valence-electron chi connectivity index (χ3n) is 3.21. The van der Waals surface area contributed by atoms with Crippen LogP contribution in [0.25, 0.3) is 0 Å². The van der Waals surface area contributed by atoms with Gasteiger partial charge in [0.05, 0.1) is 0 Å². The van der Waals surface area contributed by atoms with E-state index in [0.29, 0.717) is 5.56 Å². The first kappa shape index (κ1) is 15.7. The van der Waals surface area contributed by atoms with Gasteiger partial charge in [-0.25, -0.2) is 4.39 Å². The zero-order chi connectivity index (χ0) is 16.1. The standard InChI is InChI=1S/C17H17FN2O2/c1-11-3-6-13(7-4-11)10-19-16(21)17(22)20-14-8-5-12(2)15(18)9-14/h3-9H,10H2,1-2H3,(H,19,21)(H,20,22). The number of nitrogens with one attached hydrogen (secondary N) is 2. The van der Waals surface area contributed by atoms with E-state index < -0.39 is 17.6 Å². The van der Waals surface area contributed by atoms with Gasteiger partial charge in [-0.15, -0.1) is 0 Å². The number of carbonyl (C=O) groups is 2. The van der Waals surface area contributed by atoms with Gasteiger partial charge in [-0.2, -0.15) is 0 Å². The van der Waals surface area contributed by atoms with Crippen molar-refractivity contribution in [2.75, 3.05) is 5.32 Å². The van der Waals surface area contributed by atoms with Crippen molar-refractivity contribution >= 4 is 17.5 Å². The number of benzene rings is 2. The summed E-state index contributed by atoms with van der Waals surface area (Å²) in [6.45, 7) is 3.85. The quantitative estimate of drug-likeness (QED) is 0.856. The second-order valence-corrected chi connectivity index (χ2v) is 5.09. The summed E-state index contributed by atoms with van der Waals surface area (Å²) in [5, 5.41) is 4.88. The summed E-state index contributed by atoms with van der Waals surface area (Å²) in [5.41, 5.74) is 2.74. The highest BCUT2D eigenvalue weighted by atomic mass is 19.1. The van der Waals surface area contributed by atoms with Crippen LogP contribution in [0.5, 0.6) is 0 Å². The Morgan fingerprint density at radius 1 is 1.00 bits per heavy atom. The predicted octanol–water partition coefficient (Wildman–Crippen LogP) is 2.70. The van der Waals surface area contributed by atoms with Crippen LogP contribution in [-0.4, -0.2) is 11.8 Å². The SMILES string of the molecule is Cc1ccc(CNC(=O)C(=O)Nc2ccc(C)c(F)c2)cc1. The number of anilines is 1. The maximum atomic E-state index is 13.4. The fourth-order valence-corrected chi connectivity index (χ4v) is 1.83. The normalized spacial score (nSPS) is 10.1. The smallest absolute Gasteiger partial charge is 0.313 e. The third-order valence-corrected chi connectivity index (χ3v) is 3.21. The van der Waals surface area contributed by atoms with Crippen LogP contribution in [0.2, 0.25) is 0 Å². The molecule has 0 aliphatic carbocycles. The van der Waals surface area contributed by atoms with Gasteiger partial charge in [-0.1, -0.05) is 35.9 Å².